The molecule has 3 rings (SSSR count). The van der Waals surface area contributed by atoms with E-state index in [0.29, 0.717) is 9.93 Å². The maximum Gasteiger partial charge on any atom is 0.293 e. The van der Waals surface area contributed by atoms with Crippen molar-refractivity contribution in [3.05, 3.63) is 74.1 Å². The Balaban J connectivity index is 1.86. The van der Waals surface area contributed by atoms with E-state index in [2.05, 4.69) is 15.9 Å². The number of benzene rings is 2. The first-order valence-electron chi connectivity index (χ1n) is 6.79. The largest absolute Gasteiger partial charge is 0.293 e. The Morgan fingerprint density at radius 2 is 1.78 bits per heavy atom. The van der Waals surface area contributed by atoms with E-state index in [1.54, 1.807) is 12.1 Å². The van der Waals surface area contributed by atoms with Crippen molar-refractivity contribution in [3.8, 4) is 0 Å². The molecule has 3 nitrogen and oxygen atoms in total. The summed E-state index contributed by atoms with van der Waals surface area (Å²) in [5, 5.41) is 0.272. The van der Waals surface area contributed by atoms with E-state index in [1.807, 2.05) is 42.5 Å². The second-order valence-corrected chi connectivity index (χ2v) is 7.14. The van der Waals surface area contributed by atoms with Gasteiger partial charge in [0.15, 0.2) is 0 Å². The summed E-state index contributed by atoms with van der Waals surface area (Å²) in [5.74, 6) is -0.296. The number of hydrogen-bond donors (Lipinski definition) is 0. The second kappa shape index (κ2) is 6.91. The summed E-state index contributed by atoms with van der Waals surface area (Å²) in [5.41, 5.74) is 1.61. The molecule has 2 aromatic carbocycles. The Kier molecular flexibility index (Phi) is 4.90. The normalized spacial score (nSPS) is 16.4. The number of amides is 2. The molecule has 1 aliphatic rings. The van der Waals surface area contributed by atoms with Gasteiger partial charge < -0.3 is 0 Å². The quantitative estimate of drug-likeness (QED) is 0.643. The molecule has 116 valence electrons. The molecule has 1 heterocycles. The van der Waals surface area contributed by atoms with Gasteiger partial charge in [0.2, 0.25) is 0 Å². The van der Waals surface area contributed by atoms with Gasteiger partial charge in [0, 0.05) is 9.50 Å². The molecule has 0 bridgehead atoms. The summed E-state index contributed by atoms with van der Waals surface area (Å²) in [7, 11) is 0. The molecule has 1 aliphatic heterocycles. The third-order valence-electron chi connectivity index (χ3n) is 3.35. The summed E-state index contributed by atoms with van der Waals surface area (Å²) in [6, 6.07) is 14.7. The molecular weight excluding hydrogens is 398 g/mol. The zero-order valence-electron chi connectivity index (χ0n) is 11.8. The fourth-order valence-corrected chi connectivity index (χ4v) is 3.60. The highest BCUT2D eigenvalue weighted by Gasteiger charge is 2.35. The zero-order valence-corrected chi connectivity index (χ0v) is 15.0. The fraction of sp³-hybridized carbons (Fsp3) is 0.0588. The minimum atomic E-state index is -0.296. The van der Waals surface area contributed by atoms with Crippen LogP contribution in [0, 0.1) is 0 Å². The minimum absolute atomic E-state index is 0.242. The lowest BCUT2D eigenvalue weighted by Crippen LogP contribution is -2.27. The Morgan fingerprint density at radius 1 is 1.09 bits per heavy atom. The van der Waals surface area contributed by atoms with Crippen LogP contribution in [0.3, 0.4) is 0 Å². The van der Waals surface area contributed by atoms with Gasteiger partial charge in [0.25, 0.3) is 11.1 Å². The second-order valence-electron chi connectivity index (χ2n) is 4.88. The van der Waals surface area contributed by atoms with Crippen LogP contribution in [-0.4, -0.2) is 16.0 Å². The maximum absolute atomic E-state index is 12.5. The van der Waals surface area contributed by atoms with Gasteiger partial charge in [0.05, 0.1) is 11.4 Å². The first-order chi connectivity index (χ1) is 11.1. The summed E-state index contributed by atoms with van der Waals surface area (Å²) in [6.45, 7) is 0.242. The monoisotopic (exact) mass is 407 g/mol. The number of imide groups is 1. The van der Waals surface area contributed by atoms with Crippen molar-refractivity contribution in [2.45, 2.75) is 6.54 Å². The standard InChI is InChI=1S/C17H11BrClNO2S/c18-13-7-3-1-6-12(13)10-20-16(21)15(23-17(20)22)9-11-5-2-4-8-14(11)19/h1-9H,10H2/b15-9-. The molecule has 0 N–H and O–H groups in total. The van der Waals surface area contributed by atoms with Crippen molar-refractivity contribution in [2.75, 3.05) is 0 Å². The van der Waals surface area contributed by atoms with E-state index in [9.17, 15) is 9.59 Å². The molecule has 1 saturated heterocycles. The van der Waals surface area contributed by atoms with E-state index >= 15 is 0 Å². The predicted molar refractivity (Wildman–Crippen MR) is 97.1 cm³/mol. The van der Waals surface area contributed by atoms with Gasteiger partial charge in [-0.2, -0.15) is 0 Å². The van der Waals surface area contributed by atoms with Crippen molar-refractivity contribution in [3.63, 3.8) is 0 Å². The molecule has 0 spiro atoms. The number of carbonyl (C=O) groups is 2. The summed E-state index contributed by atoms with van der Waals surface area (Å²) in [6.07, 6.45) is 1.66. The van der Waals surface area contributed by atoms with E-state index in [4.69, 9.17) is 11.6 Å². The molecule has 6 heteroatoms. The minimum Gasteiger partial charge on any atom is -0.268 e. The van der Waals surface area contributed by atoms with Crippen LogP contribution in [-0.2, 0) is 11.3 Å². The molecular formula is C17H11BrClNO2S. The molecule has 23 heavy (non-hydrogen) atoms. The van der Waals surface area contributed by atoms with E-state index in [1.165, 1.54) is 4.90 Å². The summed E-state index contributed by atoms with van der Waals surface area (Å²) in [4.78, 5) is 26.3. The predicted octanol–water partition coefficient (Wildman–Crippen LogP) is 5.34. The molecule has 1 fully saturated rings. The topological polar surface area (TPSA) is 37.4 Å². The Morgan fingerprint density at radius 3 is 2.52 bits per heavy atom. The number of nitrogens with zero attached hydrogens (tertiary/aromatic N) is 1. The molecule has 0 radical (unpaired) electrons. The van der Waals surface area contributed by atoms with Gasteiger partial charge in [-0.05, 0) is 41.1 Å². The lowest BCUT2D eigenvalue weighted by molar-refractivity contribution is -0.123. The maximum atomic E-state index is 12.5. The summed E-state index contributed by atoms with van der Waals surface area (Å²) < 4.78 is 0.870. The van der Waals surface area contributed by atoms with E-state index < -0.39 is 0 Å². The number of hydrogen-bond acceptors (Lipinski definition) is 3. The van der Waals surface area contributed by atoms with Crippen molar-refractivity contribution in [1.29, 1.82) is 0 Å². The van der Waals surface area contributed by atoms with Crippen LogP contribution < -0.4 is 0 Å². The Labute approximate surface area is 151 Å². The van der Waals surface area contributed by atoms with E-state index in [-0.39, 0.29) is 17.7 Å². The summed E-state index contributed by atoms with van der Waals surface area (Å²) >= 11 is 10.5. The molecule has 0 unspecified atom stereocenters. The molecule has 0 saturated carbocycles. The van der Waals surface area contributed by atoms with Crippen LogP contribution in [0.15, 0.2) is 57.9 Å². The highest BCUT2D eigenvalue weighted by molar-refractivity contribution is 9.10. The number of thioether (sulfide) groups is 1. The highest BCUT2D eigenvalue weighted by Crippen LogP contribution is 2.35. The molecule has 2 amide bonds. The van der Waals surface area contributed by atoms with Crippen molar-refractivity contribution < 1.29 is 9.59 Å². The first kappa shape index (κ1) is 16.3. The van der Waals surface area contributed by atoms with Crippen molar-refractivity contribution in [1.82, 2.24) is 4.90 Å². The molecule has 0 aromatic heterocycles. The van der Waals surface area contributed by atoms with Crippen LogP contribution in [0.1, 0.15) is 11.1 Å². The highest BCUT2D eigenvalue weighted by atomic mass is 79.9. The number of halogens is 2. The SMILES string of the molecule is O=C1S/C(=C\c2ccccc2Cl)C(=O)N1Cc1ccccc1Br. The number of carbonyl (C=O) groups excluding carboxylic acids is 2. The van der Waals surface area contributed by atoms with Gasteiger partial charge in [-0.25, -0.2) is 0 Å². The molecule has 0 aliphatic carbocycles. The van der Waals surface area contributed by atoms with Crippen molar-refractivity contribution >= 4 is 56.5 Å². The molecule has 2 aromatic rings. The Bertz CT molecular complexity index is 822. The third kappa shape index (κ3) is 3.52. The van der Waals surface area contributed by atoms with Crippen LogP contribution in [0.5, 0.6) is 0 Å². The number of rotatable bonds is 3. The first-order valence-corrected chi connectivity index (χ1v) is 8.78. The van der Waals surface area contributed by atoms with Crippen LogP contribution >= 0.6 is 39.3 Å². The Hall–Kier alpha value is -1.56. The smallest absolute Gasteiger partial charge is 0.268 e. The zero-order chi connectivity index (χ0) is 16.4. The van der Waals surface area contributed by atoms with Gasteiger partial charge in [-0.1, -0.05) is 63.9 Å². The molecule has 0 atom stereocenters. The van der Waals surface area contributed by atoms with Crippen LogP contribution in [0.2, 0.25) is 5.02 Å². The average molecular weight is 409 g/mol. The lowest BCUT2D eigenvalue weighted by Gasteiger charge is -2.13. The van der Waals surface area contributed by atoms with Gasteiger partial charge in [0.1, 0.15) is 0 Å². The lowest BCUT2D eigenvalue weighted by atomic mass is 10.2. The average Bonchev–Trinajstić information content (AvgIpc) is 2.79. The van der Waals surface area contributed by atoms with Gasteiger partial charge >= 0.3 is 0 Å². The van der Waals surface area contributed by atoms with Crippen molar-refractivity contribution in [2.24, 2.45) is 0 Å². The van der Waals surface area contributed by atoms with Gasteiger partial charge in [-0.15, -0.1) is 0 Å². The van der Waals surface area contributed by atoms with Gasteiger partial charge in [-0.3, -0.25) is 14.5 Å². The van der Waals surface area contributed by atoms with E-state index in [0.717, 1.165) is 27.4 Å². The fourth-order valence-electron chi connectivity index (χ4n) is 2.17. The van der Waals surface area contributed by atoms with Crippen LogP contribution in [0.4, 0.5) is 4.79 Å². The third-order valence-corrected chi connectivity index (χ3v) is 5.38. The van der Waals surface area contributed by atoms with Crippen LogP contribution in [0.25, 0.3) is 6.08 Å².